The van der Waals surface area contributed by atoms with E-state index in [0.717, 1.165) is 11.1 Å². The van der Waals surface area contributed by atoms with Crippen LogP contribution in [0, 0.1) is 0 Å². The Morgan fingerprint density at radius 3 is 2.47 bits per heavy atom. The topological polar surface area (TPSA) is 180 Å². The number of aliphatic hydroxyl groups is 3. The third-order valence-corrected chi connectivity index (χ3v) is 6.86. The lowest BCUT2D eigenvalue weighted by Crippen LogP contribution is -2.60. The van der Waals surface area contributed by atoms with Gasteiger partial charge in [-0.3, -0.25) is 9.59 Å². The van der Waals surface area contributed by atoms with Crippen molar-refractivity contribution in [1.29, 1.82) is 0 Å². The lowest BCUT2D eigenvalue weighted by molar-refractivity contribution is -0.278. The van der Waals surface area contributed by atoms with Gasteiger partial charge in [-0.2, -0.15) is 0 Å². The van der Waals surface area contributed by atoms with Crippen LogP contribution in [0.25, 0.3) is 0 Å². The van der Waals surface area contributed by atoms with Gasteiger partial charge in [0.25, 0.3) is 0 Å². The lowest BCUT2D eigenvalue weighted by atomic mass is 9.89. The molecule has 0 unspecified atom stereocenters. The normalized spacial score (nSPS) is 30.2. The van der Waals surface area contributed by atoms with E-state index in [0.29, 0.717) is 29.6 Å². The van der Waals surface area contributed by atoms with Crippen molar-refractivity contribution in [2.45, 2.75) is 49.1 Å². The number of aliphatic hydroxyl groups excluding tert-OH is 3. The van der Waals surface area contributed by atoms with Gasteiger partial charge < -0.3 is 53.6 Å². The first-order valence-corrected chi connectivity index (χ1v) is 11.9. The molecule has 1 saturated heterocycles. The minimum absolute atomic E-state index is 0.0523. The summed E-state index contributed by atoms with van der Waals surface area (Å²) in [5, 5.41) is 39.5. The van der Waals surface area contributed by atoms with Crippen LogP contribution in [0.1, 0.15) is 29.6 Å². The van der Waals surface area contributed by atoms with E-state index >= 15 is 0 Å². The smallest absolute Gasteiger partial charge is 0.317 e. The molecule has 0 spiro atoms. The van der Waals surface area contributed by atoms with Gasteiger partial charge in [0.15, 0.2) is 11.5 Å². The number of hydrogen-bond donors (Lipinski definition) is 4. The molecule has 0 saturated carbocycles. The molecule has 0 aliphatic carbocycles. The molecule has 4 heterocycles. The maximum absolute atomic E-state index is 11.5. The second kappa shape index (κ2) is 9.51. The summed E-state index contributed by atoms with van der Waals surface area (Å²) in [6.45, 7) is -0.0455. The molecule has 4 aliphatic rings. The Hall–Kier alpha value is -3.78. The van der Waals surface area contributed by atoms with E-state index in [1.807, 2.05) is 12.1 Å². The van der Waals surface area contributed by atoms with Crippen LogP contribution in [0.2, 0.25) is 0 Å². The van der Waals surface area contributed by atoms with Gasteiger partial charge >= 0.3 is 11.9 Å². The molecule has 0 aromatic heterocycles. The van der Waals surface area contributed by atoms with E-state index in [1.54, 1.807) is 18.2 Å². The highest BCUT2D eigenvalue weighted by molar-refractivity contribution is 5.90. The van der Waals surface area contributed by atoms with Crippen LogP contribution in [0.15, 0.2) is 30.3 Å². The fourth-order valence-electron chi connectivity index (χ4n) is 4.93. The summed E-state index contributed by atoms with van der Waals surface area (Å²) in [6, 6.07) is 8.70. The molecule has 6 rings (SSSR count). The Balaban J connectivity index is 1.15. The minimum atomic E-state index is -1.67. The second-order valence-corrected chi connectivity index (χ2v) is 9.28. The van der Waals surface area contributed by atoms with Crippen molar-refractivity contribution in [2.75, 3.05) is 20.0 Å². The molecule has 4 N–H and O–H groups in total. The van der Waals surface area contributed by atoms with E-state index in [1.165, 1.54) is 0 Å². The molecule has 2 aromatic carbocycles. The summed E-state index contributed by atoms with van der Waals surface area (Å²) in [6.07, 6.45) is -8.79. The summed E-state index contributed by atoms with van der Waals surface area (Å²) in [4.78, 5) is 22.2. The molecular formula is C25H24O13. The van der Waals surface area contributed by atoms with E-state index in [2.05, 4.69) is 0 Å². The monoisotopic (exact) mass is 532 g/mol. The first-order valence-electron chi connectivity index (χ1n) is 11.9. The Morgan fingerprint density at radius 1 is 0.895 bits per heavy atom. The number of aliphatic carboxylic acids is 1. The van der Waals surface area contributed by atoms with Crippen molar-refractivity contribution in [2.24, 2.45) is 0 Å². The van der Waals surface area contributed by atoms with Crippen molar-refractivity contribution in [3.63, 3.8) is 0 Å². The van der Waals surface area contributed by atoms with Crippen molar-refractivity contribution in [3.05, 3.63) is 41.5 Å². The molecule has 4 aliphatic heterocycles. The molecular weight excluding hydrogens is 508 g/mol. The van der Waals surface area contributed by atoms with Crippen molar-refractivity contribution < 1.29 is 63.2 Å². The summed E-state index contributed by atoms with van der Waals surface area (Å²) >= 11 is 0. The van der Waals surface area contributed by atoms with Crippen LogP contribution < -0.4 is 23.7 Å². The van der Waals surface area contributed by atoms with Crippen LogP contribution in [-0.4, -0.2) is 83.1 Å². The Labute approximate surface area is 215 Å². The molecule has 202 valence electrons. The standard InChI is InChI=1S/C25H24O13/c26-19(27)6-20(28)33-8-18-21(29)22(30)23(31)25(38-18)36-10-1-2-11-14(3-10)32-7-13-12-4-16-17(35-9-34-16)5-15(12)37-24(11)13/h1-5,13,18,21-25,29-31H,6-9H2,(H,26,27)/t13-,18+,21+,22+,23-,24-,25+/m0/s1. The van der Waals surface area contributed by atoms with Crippen molar-refractivity contribution in [3.8, 4) is 28.7 Å². The van der Waals surface area contributed by atoms with E-state index in [9.17, 15) is 24.9 Å². The van der Waals surface area contributed by atoms with Gasteiger partial charge in [-0.1, -0.05) is 0 Å². The van der Waals surface area contributed by atoms with Crippen molar-refractivity contribution in [1.82, 2.24) is 0 Å². The lowest BCUT2D eigenvalue weighted by Gasteiger charge is -2.40. The van der Waals surface area contributed by atoms with Gasteiger partial charge in [0.1, 0.15) is 60.8 Å². The second-order valence-electron chi connectivity index (χ2n) is 9.28. The number of carbonyl (C=O) groups excluding carboxylic acids is 1. The van der Waals surface area contributed by atoms with Gasteiger partial charge in [0.05, 0.1) is 12.5 Å². The number of esters is 1. The summed E-state index contributed by atoms with van der Waals surface area (Å²) in [5.74, 6) is 0.255. The molecule has 1 fully saturated rings. The molecule has 0 radical (unpaired) electrons. The molecule has 2 aromatic rings. The molecule has 7 atom stereocenters. The third-order valence-electron chi connectivity index (χ3n) is 6.86. The third kappa shape index (κ3) is 4.32. The molecule has 13 heteroatoms. The summed E-state index contributed by atoms with van der Waals surface area (Å²) < 4.78 is 39.2. The van der Waals surface area contributed by atoms with Crippen LogP contribution in [-0.2, 0) is 19.1 Å². The Kier molecular flexibility index (Phi) is 6.14. The Bertz CT molecular complexity index is 1260. The first-order chi connectivity index (χ1) is 18.3. The quantitative estimate of drug-likeness (QED) is 0.294. The average molecular weight is 532 g/mol. The fraction of sp³-hybridized carbons (Fsp3) is 0.440. The van der Waals surface area contributed by atoms with E-state index in [-0.39, 0.29) is 24.6 Å². The highest BCUT2D eigenvalue weighted by atomic mass is 16.7. The van der Waals surface area contributed by atoms with Crippen LogP contribution in [0.4, 0.5) is 0 Å². The van der Waals surface area contributed by atoms with Gasteiger partial charge in [-0.25, -0.2) is 0 Å². The predicted molar refractivity (Wildman–Crippen MR) is 121 cm³/mol. The molecule has 38 heavy (non-hydrogen) atoms. The Morgan fingerprint density at radius 2 is 1.68 bits per heavy atom. The van der Waals surface area contributed by atoms with Gasteiger partial charge in [0.2, 0.25) is 13.1 Å². The summed E-state index contributed by atoms with van der Waals surface area (Å²) in [7, 11) is 0. The maximum Gasteiger partial charge on any atom is 0.317 e. The van der Waals surface area contributed by atoms with Gasteiger partial charge in [0, 0.05) is 23.3 Å². The van der Waals surface area contributed by atoms with Gasteiger partial charge in [-0.05, 0) is 18.2 Å². The largest absolute Gasteiger partial charge is 0.492 e. The number of carboxylic acid groups (broad SMARTS) is 1. The van der Waals surface area contributed by atoms with Crippen LogP contribution in [0.3, 0.4) is 0 Å². The number of benzene rings is 2. The highest BCUT2D eigenvalue weighted by Gasteiger charge is 2.46. The van der Waals surface area contributed by atoms with E-state index < -0.39 is 55.7 Å². The van der Waals surface area contributed by atoms with Gasteiger partial charge in [-0.15, -0.1) is 0 Å². The number of ether oxygens (including phenoxy) is 7. The van der Waals surface area contributed by atoms with Crippen LogP contribution >= 0.6 is 0 Å². The average Bonchev–Trinajstić information content (AvgIpc) is 3.50. The zero-order valence-electron chi connectivity index (χ0n) is 19.7. The summed E-state index contributed by atoms with van der Waals surface area (Å²) in [5.41, 5.74) is 1.75. The maximum atomic E-state index is 11.5. The zero-order chi connectivity index (χ0) is 26.6. The number of rotatable bonds is 6. The predicted octanol–water partition coefficient (Wildman–Crippen LogP) is 0.229. The number of carbonyl (C=O) groups is 2. The zero-order valence-corrected chi connectivity index (χ0v) is 19.7. The fourth-order valence-corrected chi connectivity index (χ4v) is 4.93. The van der Waals surface area contributed by atoms with E-state index in [4.69, 9.17) is 38.3 Å². The minimum Gasteiger partial charge on any atom is -0.492 e. The number of carboxylic acids is 1. The number of hydrogen-bond acceptors (Lipinski definition) is 12. The molecule has 0 amide bonds. The van der Waals surface area contributed by atoms with Crippen molar-refractivity contribution >= 4 is 11.9 Å². The first kappa shape index (κ1) is 24.6. The number of fused-ring (bicyclic) bond motifs is 6. The van der Waals surface area contributed by atoms with Crippen LogP contribution in [0.5, 0.6) is 28.7 Å². The molecule has 13 nitrogen and oxygen atoms in total. The molecule has 0 bridgehead atoms. The SMILES string of the molecule is O=C(O)CC(=O)OC[C@H]1O[C@@H](Oc2ccc3c(c2)OC[C@H]2c4cc5c(cc4O[C@@H]32)OCO5)[C@@H](O)[C@H](O)[C@@H]1O. The highest BCUT2D eigenvalue weighted by Crippen LogP contribution is 2.54.